The van der Waals surface area contributed by atoms with Crippen LogP contribution in [0.5, 0.6) is 0 Å². The first-order valence-corrected chi connectivity index (χ1v) is 9.16. The van der Waals surface area contributed by atoms with E-state index >= 15 is 0 Å². The maximum absolute atomic E-state index is 11.9. The summed E-state index contributed by atoms with van der Waals surface area (Å²) in [6.07, 6.45) is 8.80. The highest BCUT2D eigenvalue weighted by Gasteiger charge is 2.13. The van der Waals surface area contributed by atoms with E-state index in [2.05, 4.69) is 35.9 Å². The normalized spacial score (nSPS) is 10.7. The molecule has 4 aromatic rings. The van der Waals surface area contributed by atoms with Crippen LogP contribution in [0.4, 0.5) is 16.6 Å². The van der Waals surface area contributed by atoms with Gasteiger partial charge in [-0.15, -0.1) is 0 Å². The highest BCUT2D eigenvalue weighted by Crippen LogP contribution is 2.29. The van der Waals surface area contributed by atoms with Crippen LogP contribution in [0.1, 0.15) is 6.92 Å². The van der Waals surface area contributed by atoms with Crippen LogP contribution in [0.3, 0.4) is 0 Å². The summed E-state index contributed by atoms with van der Waals surface area (Å²) < 4.78 is 1.90. The van der Waals surface area contributed by atoms with Crippen molar-refractivity contribution in [2.45, 2.75) is 6.92 Å². The Morgan fingerprint density at radius 3 is 2.62 bits per heavy atom. The number of urea groups is 1. The number of aromatic nitrogens is 5. The van der Waals surface area contributed by atoms with Gasteiger partial charge in [-0.3, -0.25) is 14.7 Å². The maximum Gasteiger partial charge on any atom is 0.320 e. The Hall–Kier alpha value is -4.01. The average Bonchev–Trinajstić information content (AvgIpc) is 3.16. The minimum Gasteiger partial charge on any atom is -0.357 e. The minimum atomic E-state index is -0.299. The SMILES string of the molecule is CCNC(=O)Nc1cn2c(-c3cnc(NC)nc3)cc(-c3cccnc3)cc2n1. The highest BCUT2D eigenvalue weighted by molar-refractivity contribution is 5.89. The summed E-state index contributed by atoms with van der Waals surface area (Å²) in [5.41, 5.74) is 4.27. The fourth-order valence-electron chi connectivity index (χ4n) is 2.98. The van der Waals surface area contributed by atoms with Crippen molar-refractivity contribution in [1.82, 2.24) is 29.7 Å². The van der Waals surface area contributed by atoms with Crippen molar-refractivity contribution in [3.05, 3.63) is 55.2 Å². The van der Waals surface area contributed by atoms with Gasteiger partial charge < -0.3 is 10.6 Å². The van der Waals surface area contributed by atoms with Crippen molar-refractivity contribution in [2.75, 3.05) is 24.2 Å². The van der Waals surface area contributed by atoms with Gasteiger partial charge in [0, 0.05) is 49.5 Å². The second kappa shape index (κ2) is 7.93. The quantitative estimate of drug-likeness (QED) is 0.485. The summed E-state index contributed by atoms with van der Waals surface area (Å²) in [5.74, 6) is 0.992. The molecule has 0 aliphatic carbocycles. The van der Waals surface area contributed by atoms with Gasteiger partial charge in [0.1, 0.15) is 5.65 Å². The van der Waals surface area contributed by atoms with Gasteiger partial charge in [-0.1, -0.05) is 6.07 Å². The van der Waals surface area contributed by atoms with Crippen molar-refractivity contribution < 1.29 is 4.79 Å². The van der Waals surface area contributed by atoms with Crippen LogP contribution in [0.25, 0.3) is 28.0 Å². The van der Waals surface area contributed by atoms with Crippen LogP contribution in [0.15, 0.2) is 55.2 Å². The third-order valence-corrected chi connectivity index (χ3v) is 4.31. The van der Waals surface area contributed by atoms with Crippen molar-refractivity contribution >= 4 is 23.4 Å². The fourth-order valence-corrected chi connectivity index (χ4v) is 2.98. The zero-order valence-corrected chi connectivity index (χ0v) is 16.0. The highest BCUT2D eigenvalue weighted by atomic mass is 16.2. The van der Waals surface area contributed by atoms with E-state index in [1.807, 2.05) is 35.6 Å². The Kier molecular flexibility index (Phi) is 5.02. The number of imidazole rings is 1. The molecule has 0 aromatic carbocycles. The first kappa shape index (κ1) is 18.4. The lowest BCUT2D eigenvalue weighted by atomic mass is 10.1. The molecule has 2 amide bonds. The van der Waals surface area contributed by atoms with Crippen LogP contribution >= 0.6 is 0 Å². The summed E-state index contributed by atoms with van der Waals surface area (Å²) in [6.45, 7) is 2.39. The van der Waals surface area contributed by atoms with Gasteiger partial charge in [0.2, 0.25) is 5.95 Å². The molecule has 0 saturated heterocycles. The number of carbonyl (C=O) groups is 1. The fraction of sp³-hybridized carbons (Fsp3) is 0.150. The van der Waals surface area contributed by atoms with Crippen molar-refractivity contribution in [1.29, 1.82) is 0 Å². The minimum absolute atomic E-state index is 0.299. The molecule has 4 aromatic heterocycles. The molecule has 29 heavy (non-hydrogen) atoms. The molecule has 0 bridgehead atoms. The molecule has 4 heterocycles. The Morgan fingerprint density at radius 1 is 1.10 bits per heavy atom. The number of rotatable bonds is 5. The largest absolute Gasteiger partial charge is 0.357 e. The Bertz CT molecular complexity index is 1140. The van der Waals surface area contributed by atoms with E-state index in [4.69, 9.17) is 0 Å². The number of fused-ring (bicyclic) bond motifs is 1. The summed E-state index contributed by atoms with van der Waals surface area (Å²) in [7, 11) is 1.77. The predicted molar refractivity (Wildman–Crippen MR) is 112 cm³/mol. The molecule has 0 radical (unpaired) electrons. The second-order valence-corrected chi connectivity index (χ2v) is 6.26. The van der Waals surface area contributed by atoms with E-state index in [0.29, 0.717) is 24.0 Å². The monoisotopic (exact) mass is 388 g/mol. The Morgan fingerprint density at radius 2 is 1.93 bits per heavy atom. The summed E-state index contributed by atoms with van der Waals surface area (Å²) in [6, 6.07) is 7.55. The maximum atomic E-state index is 11.9. The number of hydrogen-bond donors (Lipinski definition) is 3. The summed E-state index contributed by atoms with van der Waals surface area (Å²) >= 11 is 0. The molecular weight excluding hydrogens is 368 g/mol. The lowest BCUT2D eigenvalue weighted by Gasteiger charge is -2.09. The molecule has 0 atom stereocenters. The zero-order chi connectivity index (χ0) is 20.2. The van der Waals surface area contributed by atoms with Gasteiger partial charge in [-0.05, 0) is 30.7 Å². The van der Waals surface area contributed by atoms with Crippen molar-refractivity contribution in [3.63, 3.8) is 0 Å². The molecule has 3 N–H and O–H groups in total. The molecule has 0 spiro atoms. The van der Waals surface area contributed by atoms with E-state index in [1.54, 1.807) is 38.0 Å². The number of pyridine rings is 2. The van der Waals surface area contributed by atoms with Gasteiger partial charge >= 0.3 is 6.03 Å². The third-order valence-electron chi connectivity index (χ3n) is 4.31. The molecule has 9 nitrogen and oxygen atoms in total. The lowest BCUT2D eigenvalue weighted by molar-refractivity contribution is 0.252. The molecule has 146 valence electrons. The molecule has 9 heteroatoms. The Labute approximate surface area is 167 Å². The van der Waals surface area contributed by atoms with Crippen molar-refractivity contribution in [3.8, 4) is 22.4 Å². The van der Waals surface area contributed by atoms with E-state index in [1.165, 1.54) is 0 Å². The molecule has 0 aliphatic rings. The van der Waals surface area contributed by atoms with Gasteiger partial charge in [0.25, 0.3) is 0 Å². The van der Waals surface area contributed by atoms with Crippen LogP contribution in [-0.4, -0.2) is 44.0 Å². The molecule has 0 unspecified atom stereocenters. The zero-order valence-electron chi connectivity index (χ0n) is 16.0. The van der Waals surface area contributed by atoms with E-state index in [-0.39, 0.29) is 6.03 Å². The average molecular weight is 388 g/mol. The van der Waals surface area contributed by atoms with Crippen LogP contribution < -0.4 is 16.0 Å². The van der Waals surface area contributed by atoms with Crippen LogP contribution in [0.2, 0.25) is 0 Å². The van der Waals surface area contributed by atoms with Gasteiger partial charge in [-0.25, -0.2) is 19.7 Å². The first-order valence-electron chi connectivity index (χ1n) is 9.16. The first-order chi connectivity index (χ1) is 14.2. The second-order valence-electron chi connectivity index (χ2n) is 6.26. The van der Waals surface area contributed by atoms with E-state index in [0.717, 1.165) is 22.4 Å². The van der Waals surface area contributed by atoms with E-state index in [9.17, 15) is 4.79 Å². The number of carbonyl (C=O) groups excluding carboxylic acids is 1. The third kappa shape index (κ3) is 3.84. The standard InChI is InChI=1S/C20H20N8O/c1-3-23-20(29)27-17-12-28-16(15-10-24-19(21-2)25-11-15)7-14(8-18(28)26-17)13-5-4-6-22-9-13/h4-12H,3H2,1-2H3,(H,21,24,25)(H2,23,27,29). The molecule has 0 saturated carbocycles. The number of nitrogens with one attached hydrogen (secondary N) is 3. The van der Waals surface area contributed by atoms with Crippen LogP contribution in [-0.2, 0) is 0 Å². The molecule has 0 fully saturated rings. The predicted octanol–water partition coefficient (Wildman–Crippen LogP) is 3.04. The molecule has 4 rings (SSSR count). The Balaban J connectivity index is 1.85. The number of amides is 2. The molecular formula is C20H20N8O. The van der Waals surface area contributed by atoms with Gasteiger partial charge in [0.15, 0.2) is 5.82 Å². The topological polar surface area (TPSA) is 109 Å². The smallest absolute Gasteiger partial charge is 0.320 e. The lowest BCUT2D eigenvalue weighted by Crippen LogP contribution is -2.28. The van der Waals surface area contributed by atoms with E-state index < -0.39 is 0 Å². The summed E-state index contributed by atoms with van der Waals surface area (Å²) in [5, 5.41) is 8.37. The number of hydrogen-bond acceptors (Lipinski definition) is 6. The van der Waals surface area contributed by atoms with Crippen LogP contribution in [0, 0.1) is 0 Å². The van der Waals surface area contributed by atoms with Gasteiger partial charge in [0.05, 0.1) is 11.9 Å². The molecule has 0 aliphatic heterocycles. The number of anilines is 2. The number of nitrogens with zero attached hydrogens (tertiary/aromatic N) is 5. The van der Waals surface area contributed by atoms with Gasteiger partial charge in [-0.2, -0.15) is 0 Å². The van der Waals surface area contributed by atoms with Crippen molar-refractivity contribution in [2.24, 2.45) is 0 Å². The summed E-state index contributed by atoms with van der Waals surface area (Å²) in [4.78, 5) is 29.3.